The van der Waals surface area contributed by atoms with Gasteiger partial charge in [0, 0.05) is 0 Å². The molecule has 2 fully saturated rings. The Morgan fingerprint density at radius 3 is 2.20 bits per heavy atom. The largest absolute Gasteiger partial charge is 0.393 e. The van der Waals surface area contributed by atoms with Gasteiger partial charge in [-0.1, -0.05) is 12.2 Å². The number of hydrogen-bond donors (Lipinski definition) is 1. The van der Waals surface area contributed by atoms with E-state index in [1.807, 2.05) is 0 Å². The molecule has 0 unspecified atom stereocenters. The molecule has 0 heterocycles. The molecule has 0 aromatic heterocycles. The van der Waals surface area contributed by atoms with Crippen molar-refractivity contribution in [2.24, 2.45) is 11.8 Å². The van der Waals surface area contributed by atoms with Crippen molar-refractivity contribution in [2.45, 2.75) is 31.8 Å². The Balaban J connectivity index is 2.16. The fourth-order valence-electron chi connectivity index (χ4n) is 2.43. The maximum Gasteiger partial charge on any atom is 0.0602 e. The predicted molar refractivity (Wildman–Crippen MR) is 40.6 cm³/mol. The van der Waals surface area contributed by atoms with Gasteiger partial charge in [-0.25, -0.2) is 0 Å². The Labute approximate surface area is 61.8 Å². The molecule has 0 aromatic rings. The lowest BCUT2D eigenvalue weighted by molar-refractivity contribution is 0.0764. The van der Waals surface area contributed by atoms with Crippen LogP contribution in [0.5, 0.6) is 0 Å². The Morgan fingerprint density at radius 2 is 1.70 bits per heavy atom. The summed E-state index contributed by atoms with van der Waals surface area (Å²) in [4.78, 5) is 0. The van der Waals surface area contributed by atoms with Crippen molar-refractivity contribution in [2.75, 3.05) is 0 Å². The molecule has 2 bridgehead atoms. The van der Waals surface area contributed by atoms with Gasteiger partial charge < -0.3 is 5.11 Å². The summed E-state index contributed by atoms with van der Waals surface area (Å²) in [6.07, 6.45) is 4.62. The molecule has 0 aromatic carbocycles. The summed E-state index contributed by atoms with van der Waals surface area (Å²) in [6, 6.07) is 0. The summed E-state index contributed by atoms with van der Waals surface area (Å²) < 4.78 is 0. The first kappa shape index (κ1) is 6.41. The van der Waals surface area contributed by atoms with Crippen LogP contribution in [0.4, 0.5) is 0 Å². The van der Waals surface area contributed by atoms with Gasteiger partial charge in [0.15, 0.2) is 0 Å². The number of hydrogen-bond acceptors (Lipinski definition) is 1. The minimum atomic E-state index is 0.00509. The number of rotatable bonds is 0. The van der Waals surface area contributed by atoms with Crippen LogP contribution in [0.25, 0.3) is 0 Å². The van der Waals surface area contributed by atoms with Gasteiger partial charge in [0.2, 0.25) is 0 Å². The molecule has 0 amide bonds. The van der Waals surface area contributed by atoms with Gasteiger partial charge >= 0.3 is 0 Å². The average molecular weight is 138 g/mol. The first-order chi connectivity index (χ1) is 4.77. The van der Waals surface area contributed by atoms with E-state index < -0.39 is 0 Å². The van der Waals surface area contributed by atoms with Crippen LogP contribution in [0.1, 0.15) is 25.7 Å². The van der Waals surface area contributed by atoms with Crippen LogP contribution in [0, 0.1) is 11.8 Å². The smallest absolute Gasteiger partial charge is 0.0602 e. The molecule has 2 saturated carbocycles. The standard InChI is InChI=1S/C9H14O/c1-6-4-7-2-3-8(5-6)9(7)10/h7-10H,1-5H2/t7-,8+,9-. The second-order valence-electron chi connectivity index (χ2n) is 3.75. The molecular weight excluding hydrogens is 124 g/mol. The van der Waals surface area contributed by atoms with Gasteiger partial charge in [-0.3, -0.25) is 0 Å². The zero-order valence-corrected chi connectivity index (χ0v) is 6.21. The van der Waals surface area contributed by atoms with E-state index in [0.29, 0.717) is 11.8 Å². The zero-order valence-electron chi connectivity index (χ0n) is 6.21. The summed E-state index contributed by atoms with van der Waals surface area (Å²) in [7, 11) is 0. The summed E-state index contributed by atoms with van der Waals surface area (Å²) in [5.74, 6) is 1.12. The highest BCUT2D eigenvalue weighted by molar-refractivity contribution is 5.08. The molecule has 10 heavy (non-hydrogen) atoms. The van der Waals surface area contributed by atoms with Crippen LogP contribution >= 0.6 is 0 Å². The van der Waals surface area contributed by atoms with Crippen molar-refractivity contribution in [3.8, 4) is 0 Å². The lowest BCUT2D eigenvalue weighted by Crippen LogP contribution is -2.26. The second-order valence-corrected chi connectivity index (χ2v) is 3.75. The van der Waals surface area contributed by atoms with E-state index in [-0.39, 0.29) is 6.10 Å². The SMILES string of the molecule is C=C1C[C@H]2CC[C@@H](C1)[C@@H]2O. The van der Waals surface area contributed by atoms with Crippen LogP contribution in [-0.4, -0.2) is 11.2 Å². The third-order valence-electron chi connectivity index (χ3n) is 2.98. The van der Waals surface area contributed by atoms with Crippen molar-refractivity contribution in [1.29, 1.82) is 0 Å². The molecule has 0 aliphatic heterocycles. The summed E-state index contributed by atoms with van der Waals surface area (Å²) in [6.45, 7) is 3.98. The Bertz CT molecular complexity index is 146. The van der Waals surface area contributed by atoms with Gasteiger partial charge in [-0.05, 0) is 37.5 Å². The Kier molecular flexibility index (Phi) is 1.34. The molecule has 56 valence electrons. The number of allylic oxidation sites excluding steroid dienone is 1. The van der Waals surface area contributed by atoms with Gasteiger partial charge in [0.1, 0.15) is 0 Å². The van der Waals surface area contributed by atoms with E-state index in [1.165, 1.54) is 18.4 Å². The molecule has 1 heteroatoms. The lowest BCUT2D eigenvalue weighted by atomic mass is 9.84. The topological polar surface area (TPSA) is 20.2 Å². The molecule has 2 aliphatic carbocycles. The highest BCUT2D eigenvalue weighted by atomic mass is 16.3. The zero-order chi connectivity index (χ0) is 7.14. The van der Waals surface area contributed by atoms with E-state index in [9.17, 15) is 5.11 Å². The third kappa shape index (κ3) is 0.807. The molecule has 0 saturated heterocycles. The molecular formula is C9H14O. The first-order valence-electron chi connectivity index (χ1n) is 4.12. The normalized spacial score (nSPS) is 46.1. The lowest BCUT2D eigenvalue weighted by Gasteiger charge is -2.26. The number of fused-ring (bicyclic) bond motifs is 2. The fraction of sp³-hybridized carbons (Fsp3) is 0.778. The maximum atomic E-state index is 9.59. The third-order valence-corrected chi connectivity index (χ3v) is 2.98. The van der Waals surface area contributed by atoms with Crippen molar-refractivity contribution in [3.63, 3.8) is 0 Å². The first-order valence-corrected chi connectivity index (χ1v) is 4.12. The van der Waals surface area contributed by atoms with Crippen molar-refractivity contribution in [3.05, 3.63) is 12.2 Å². The van der Waals surface area contributed by atoms with Crippen LogP contribution < -0.4 is 0 Å². The molecule has 3 atom stereocenters. The molecule has 2 aliphatic rings. The van der Waals surface area contributed by atoms with Crippen LogP contribution in [0.2, 0.25) is 0 Å². The van der Waals surface area contributed by atoms with E-state index in [4.69, 9.17) is 0 Å². The highest BCUT2D eigenvalue weighted by Crippen LogP contribution is 2.43. The van der Waals surface area contributed by atoms with Gasteiger partial charge in [-0.15, -0.1) is 0 Å². The van der Waals surface area contributed by atoms with Crippen molar-refractivity contribution >= 4 is 0 Å². The van der Waals surface area contributed by atoms with Crippen LogP contribution in [0.3, 0.4) is 0 Å². The van der Waals surface area contributed by atoms with Gasteiger partial charge in [0.05, 0.1) is 6.10 Å². The molecule has 0 spiro atoms. The van der Waals surface area contributed by atoms with E-state index >= 15 is 0 Å². The molecule has 0 radical (unpaired) electrons. The highest BCUT2D eigenvalue weighted by Gasteiger charge is 2.38. The van der Waals surface area contributed by atoms with Crippen molar-refractivity contribution < 1.29 is 5.11 Å². The molecule has 1 N–H and O–H groups in total. The minimum absolute atomic E-state index is 0.00509. The summed E-state index contributed by atoms with van der Waals surface area (Å²) in [5.41, 5.74) is 1.36. The average Bonchev–Trinajstić information content (AvgIpc) is 2.20. The monoisotopic (exact) mass is 138 g/mol. The van der Waals surface area contributed by atoms with Gasteiger partial charge in [0.25, 0.3) is 0 Å². The second kappa shape index (κ2) is 2.09. The quantitative estimate of drug-likeness (QED) is 0.505. The van der Waals surface area contributed by atoms with Crippen LogP contribution in [0.15, 0.2) is 12.2 Å². The maximum absolute atomic E-state index is 9.59. The summed E-state index contributed by atoms with van der Waals surface area (Å²) >= 11 is 0. The van der Waals surface area contributed by atoms with E-state index in [1.54, 1.807) is 0 Å². The minimum Gasteiger partial charge on any atom is -0.393 e. The number of aliphatic hydroxyl groups excluding tert-OH is 1. The Morgan fingerprint density at radius 1 is 1.20 bits per heavy atom. The van der Waals surface area contributed by atoms with E-state index in [0.717, 1.165) is 12.8 Å². The number of aliphatic hydroxyl groups is 1. The predicted octanol–water partition coefficient (Wildman–Crippen LogP) is 1.72. The van der Waals surface area contributed by atoms with E-state index in [2.05, 4.69) is 6.58 Å². The fourth-order valence-corrected chi connectivity index (χ4v) is 2.43. The molecule has 2 rings (SSSR count). The van der Waals surface area contributed by atoms with Gasteiger partial charge in [-0.2, -0.15) is 0 Å². The van der Waals surface area contributed by atoms with Crippen LogP contribution in [-0.2, 0) is 0 Å². The van der Waals surface area contributed by atoms with Crippen molar-refractivity contribution in [1.82, 2.24) is 0 Å². The Hall–Kier alpha value is -0.300. The molecule has 1 nitrogen and oxygen atoms in total. The summed E-state index contributed by atoms with van der Waals surface area (Å²) in [5, 5.41) is 9.59.